The zero-order valence-corrected chi connectivity index (χ0v) is 13.1. The van der Waals surface area contributed by atoms with Crippen LogP contribution in [0.15, 0.2) is 21.7 Å². The van der Waals surface area contributed by atoms with Crippen LogP contribution < -0.4 is 5.32 Å². The first-order valence-corrected chi connectivity index (χ1v) is 9.66. The molecular formula is C14H23NO2S2. The van der Waals surface area contributed by atoms with Gasteiger partial charge in [0.1, 0.15) is 4.21 Å². The molecule has 1 aliphatic rings. The Hall–Kier alpha value is -0.390. The van der Waals surface area contributed by atoms with Crippen LogP contribution in [0.5, 0.6) is 0 Å². The first-order valence-electron chi connectivity index (χ1n) is 7.13. The van der Waals surface area contributed by atoms with Gasteiger partial charge in [0.05, 0.1) is 5.75 Å². The lowest BCUT2D eigenvalue weighted by atomic mass is 10.0. The minimum Gasteiger partial charge on any atom is -0.314 e. The highest BCUT2D eigenvalue weighted by molar-refractivity contribution is 7.93. The van der Waals surface area contributed by atoms with Crippen molar-refractivity contribution in [2.45, 2.75) is 49.3 Å². The van der Waals surface area contributed by atoms with Crippen molar-refractivity contribution >= 4 is 21.2 Å². The topological polar surface area (TPSA) is 46.2 Å². The van der Waals surface area contributed by atoms with Gasteiger partial charge in [-0.15, -0.1) is 11.3 Å². The minimum absolute atomic E-state index is 0.294. The van der Waals surface area contributed by atoms with Crippen molar-refractivity contribution in [1.82, 2.24) is 5.32 Å². The molecule has 19 heavy (non-hydrogen) atoms. The maximum Gasteiger partial charge on any atom is 0.187 e. The highest BCUT2D eigenvalue weighted by Gasteiger charge is 2.28. The summed E-state index contributed by atoms with van der Waals surface area (Å²) >= 11 is 1.32. The van der Waals surface area contributed by atoms with Crippen molar-refractivity contribution in [2.75, 3.05) is 12.3 Å². The van der Waals surface area contributed by atoms with E-state index in [0.29, 0.717) is 21.9 Å². The lowest BCUT2D eigenvalue weighted by Crippen LogP contribution is -2.33. The van der Waals surface area contributed by atoms with E-state index in [9.17, 15) is 8.42 Å². The number of sulfone groups is 1. The van der Waals surface area contributed by atoms with E-state index in [0.717, 1.165) is 19.4 Å². The van der Waals surface area contributed by atoms with Crippen molar-refractivity contribution in [2.24, 2.45) is 5.92 Å². The standard InChI is InChI=1S/C14H23NO2S2/c1-2-9-15-13-6-3-5-12(13)8-11-19(16,17)14-7-4-10-18-14/h4,7,10,12-13,15H,2-3,5-6,8-9,11H2,1H3. The van der Waals surface area contributed by atoms with E-state index in [1.807, 2.05) is 5.38 Å². The Morgan fingerprint density at radius 3 is 2.95 bits per heavy atom. The first-order chi connectivity index (χ1) is 9.13. The van der Waals surface area contributed by atoms with Crippen LogP contribution in [0.4, 0.5) is 0 Å². The Morgan fingerprint density at radius 2 is 2.26 bits per heavy atom. The van der Waals surface area contributed by atoms with Crippen LogP contribution in [-0.4, -0.2) is 26.8 Å². The van der Waals surface area contributed by atoms with Crippen LogP contribution in [0, 0.1) is 5.92 Å². The number of thiophene rings is 1. The molecule has 5 heteroatoms. The molecular weight excluding hydrogens is 278 g/mol. The molecule has 3 nitrogen and oxygen atoms in total. The molecule has 0 aromatic carbocycles. The zero-order valence-electron chi connectivity index (χ0n) is 11.5. The summed E-state index contributed by atoms with van der Waals surface area (Å²) in [6.07, 6.45) is 5.52. The molecule has 0 amide bonds. The van der Waals surface area contributed by atoms with Gasteiger partial charge in [0.2, 0.25) is 0 Å². The summed E-state index contributed by atoms with van der Waals surface area (Å²) in [5, 5.41) is 5.39. The summed E-state index contributed by atoms with van der Waals surface area (Å²) in [6, 6.07) is 4.04. The van der Waals surface area contributed by atoms with Crippen molar-refractivity contribution in [3.05, 3.63) is 17.5 Å². The van der Waals surface area contributed by atoms with Gasteiger partial charge in [-0.25, -0.2) is 8.42 Å². The van der Waals surface area contributed by atoms with Gasteiger partial charge in [0.25, 0.3) is 0 Å². The molecule has 2 atom stereocenters. The van der Waals surface area contributed by atoms with E-state index in [4.69, 9.17) is 0 Å². The predicted molar refractivity (Wildman–Crippen MR) is 80.4 cm³/mol. The molecule has 1 saturated carbocycles. The SMILES string of the molecule is CCCNC1CCCC1CCS(=O)(=O)c1cccs1. The summed E-state index contributed by atoms with van der Waals surface area (Å²) in [5.74, 6) is 0.823. The van der Waals surface area contributed by atoms with Crippen LogP contribution >= 0.6 is 11.3 Å². The van der Waals surface area contributed by atoms with Crippen LogP contribution in [0.2, 0.25) is 0 Å². The van der Waals surface area contributed by atoms with Crippen LogP contribution in [0.1, 0.15) is 39.0 Å². The maximum atomic E-state index is 12.2. The molecule has 1 N–H and O–H groups in total. The Balaban J connectivity index is 1.88. The molecule has 2 rings (SSSR count). The van der Waals surface area contributed by atoms with Gasteiger partial charge in [-0.1, -0.05) is 19.4 Å². The molecule has 1 fully saturated rings. The smallest absolute Gasteiger partial charge is 0.187 e. The number of hydrogen-bond donors (Lipinski definition) is 1. The average Bonchev–Trinajstić information content (AvgIpc) is 3.05. The van der Waals surface area contributed by atoms with Crippen LogP contribution in [0.25, 0.3) is 0 Å². The molecule has 1 aromatic heterocycles. The summed E-state index contributed by atoms with van der Waals surface area (Å²) < 4.78 is 24.8. The summed E-state index contributed by atoms with van der Waals surface area (Å²) in [6.45, 7) is 3.21. The summed E-state index contributed by atoms with van der Waals surface area (Å²) in [7, 11) is -3.06. The molecule has 0 saturated heterocycles. The Bertz CT molecular complexity index is 468. The van der Waals surface area contributed by atoms with Crippen molar-refractivity contribution in [3.63, 3.8) is 0 Å². The van der Waals surface area contributed by atoms with E-state index in [1.165, 1.54) is 30.6 Å². The molecule has 2 unspecified atom stereocenters. The average molecular weight is 301 g/mol. The fourth-order valence-corrected chi connectivity index (χ4v) is 5.38. The van der Waals surface area contributed by atoms with Gasteiger partial charge in [-0.05, 0) is 49.6 Å². The molecule has 0 aliphatic heterocycles. The van der Waals surface area contributed by atoms with Gasteiger partial charge < -0.3 is 5.32 Å². The Labute approximate surface area is 120 Å². The van der Waals surface area contributed by atoms with Crippen LogP contribution in [0.3, 0.4) is 0 Å². The molecule has 1 aromatic rings. The van der Waals surface area contributed by atoms with Gasteiger partial charge in [0, 0.05) is 6.04 Å². The lowest BCUT2D eigenvalue weighted by Gasteiger charge is -2.20. The molecule has 0 radical (unpaired) electrons. The number of rotatable bonds is 7. The predicted octanol–water partition coefficient (Wildman–Crippen LogP) is 3.08. The minimum atomic E-state index is -3.06. The second kappa shape index (κ2) is 6.86. The fourth-order valence-electron chi connectivity index (χ4n) is 2.83. The lowest BCUT2D eigenvalue weighted by molar-refractivity contribution is 0.391. The summed E-state index contributed by atoms with van der Waals surface area (Å²) in [5.41, 5.74) is 0. The van der Waals surface area contributed by atoms with E-state index in [-0.39, 0.29) is 0 Å². The van der Waals surface area contributed by atoms with Gasteiger partial charge >= 0.3 is 0 Å². The fraction of sp³-hybridized carbons (Fsp3) is 0.714. The second-order valence-electron chi connectivity index (χ2n) is 5.29. The highest BCUT2D eigenvalue weighted by atomic mass is 32.2. The van der Waals surface area contributed by atoms with E-state index < -0.39 is 9.84 Å². The zero-order chi connectivity index (χ0) is 13.7. The molecule has 1 aliphatic carbocycles. The Morgan fingerprint density at radius 1 is 1.42 bits per heavy atom. The van der Waals surface area contributed by atoms with E-state index in [2.05, 4.69) is 12.2 Å². The largest absolute Gasteiger partial charge is 0.314 e. The van der Waals surface area contributed by atoms with E-state index >= 15 is 0 Å². The Kier molecular flexibility index (Phi) is 5.42. The van der Waals surface area contributed by atoms with Gasteiger partial charge in [-0.3, -0.25) is 0 Å². The molecule has 1 heterocycles. The highest BCUT2D eigenvalue weighted by Crippen LogP contribution is 2.30. The second-order valence-corrected chi connectivity index (χ2v) is 8.57. The molecule has 0 spiro atoms. The maximum absolute atomic E-state index is 12.2. The summed E-state index contributed by atoms with van der Waals surface area (Å²) in [4.78, 5) is 0. The van der Waals surface area contributed by atoms with Gasteiger partial charge in [-0.2, -0.15) is 0 Å². The third-order valence-electron chi connectivity index (χ3n) is 3.87. The third kappa shape index (κ3) is 4.04. The van der Waals surface area contributed by atoms with E-state index in [1.54, 1.807) is 12.1 Å². The monoisotopic (exact) mass is 301 g/mol. The third-order valence-corrected chi connectivity index (χ3v) is 7.11. The van der Waals surface area contributed by atoms with Crippen molar-refractivity contribution < 1.29 is 8.42 Å². The molecule has 0 bridgehead atoms. The van der Waals surface area contributed by atoms with Gasteiger partial charge in [0.15, 0.2) is 9.84 Å². The number of hydrogen-bond acceptors (Lipinski definition) is 4. The molecule has 108 valence electrons. The van der Waals surface area contributed by atoms with Crippen LogP contribution in [-0.2, 0) is 9.84 Å². The first kappa shape index (κ1) is 15.0. The quantitative estimate of drug-likeness (QED) is 0.842. The van der Waals surface area contributed by atoms with Crippen molar-refractivity contribution in [1.29, 1.82) is 0 Å². The number of nitrogens with one attached hydrogen (secondary N) is 1. The normalized spacial score (nSPS) is 23.8. The van der Waals surface area contributed by atoms with Crippen molar-refractivity contribution in [3.8, 4) is 0 Å².